The molecular weight excluding hydrogens is 488 g/mol. The second-order valence-electron chi connectivity index (χ2n) is 7.68. The zero-order valence-electron chi connectivity index (χ0n) is 19.2. The van der Waals surface area contributed by atoms with E-state index in [4.69, 9.17) is 19.6 Å². The first-order chi connectivity index (χ1) is 16.9. The Morgan fingerprint density at radius 3 is 2.60 bits per heavy atom. The minimum atomic E-state index is -1.06. The number of aliphatic carboxylic acids is 1. The number of carboxylic acid groups (broad SMARTS) is 1. The molecule has 182 valence electrons. The number of esters is 1. The van der Waals surface area contributed by atoms with Crippen LogP contribution in [0.4, 0.5) is 0 Å². The summed E-state index contributed by atoms with van der Waals surface area (Å²) < 4.78 is 12.6. The lowest BCUT2D eigenvalue weighted by Gasteiger charge is -2.24. The first-order valence-electron chi connectivity index (χ1n) is 11.1. The van der Waals surface area contributed by atoms with Crippen molar-refractivity contribution in [3.63, 3.8) is 0 Å². The van der Waals surface area contributed by atoms with Gasteiger partial charge < -0.3 is 14.6 Å². The maximum atomic E-state index is 13.6. The fourth-order valence-electron chi connectivity index (χ4n) is 3.79. The summed E-state index contributed by atoms with van der Waals surface area (Å²) in [6.07, 6.45) is 3.15. The van der Waals surface area contributed by atoms with E-state index in [1.807, 2.05) is 24.4 Å². The molecule has 10 heteroatoms. The molecule has 3 heterocycles. The second-order valence-corrected chi connectivity index (χ2v) is 9.67. The number of ether oxygens (including phenoxy) is 2. The third kappa shape index (κ3) is 5.28. The second kappa shape index (κ2) is 10.8. The standard InChI is InChI=1S/C25H24N2O6S2/c1-3-6-17-21(24(31)32-4-2)22(18-7-5-12-34-18)27-23(30)19(35-25(27)26-17)13-15-8-10-16(11-9-15)33-14-20(28)29/h5,7-13,22H,3-4,6,14H2,1-2H3,(H,28,29)/b19-13-/t22-/m0/s1. The lowest BCUT2D eigenvalue weighted by atomic mass is 9.99. The smallest absolute Gasteiger partial charge is 0.341 e. The molecule has 0 saturated heterocycles. The summed E-state index contributed by atoms with van der Waals surface area (Å²) >= 11 is 2.75. The maximum Gasteiger partial charge on any atom is 0.341 e. The summed E-state index contributed by atoms with van der Waals surface area (Å²) in [6.45, 7) is 3.58. The number of fused-ring (bicyclic) bond motifs is 1. The molecule has 1 aliphatic rings. The number of carbonyl (C=O) groups excluding carboxylic acids is 1. The topological polar surface area (TPSA) is 107 Å². The number of benzene rings is 1. The highest BCUT2D eigenvalue weighted by Crippen LogP contribution is 2.34. The quantitative estimate of drug-likeness (QED) is 0.442. The van der Waals surface area contributed by atoms with Gasteiger partial charge in [-0.1, -0.05) is 42.9 Å². The molecule has 0 fully saturated rings. The number of allylic oxidation sites excluding steroid dienone is 1. The Hall–Kier alpha value is -3.50. The van der Waals surface area contributed by atoms with Gasteiger partial charge in [0.25, 0.3) is 5.56 Å². The van der Waals surface area contributed by atoms with Gasteiger partial charge in [-0.2, -0.15) is 0 Å². The highest BCUT2D eigenvalue weighted by Gasteiger charge is 2.34. The number of carboxylic acids is 1. The van der Waals surface area contributed by atoms with Gasteiger partial charge in [-0.05, 0) is 48.6 Å². The number of hydrogen-bond donors (Lipinski definition) is 1. The molecule has 0 saturated carbocycles. The van der Waals surface area contributed by atoms with Gasteiger partial charge in [0.1, 0.15) is 11.8 Å². The van der Waals surface area contributed by atoms with Crippen LogP contribution in [0.15, 0.2) is 62.8 Å². The number of aromatic nitrogens is 1. The molecule has 0 radical (unpaired) electrons. The van der Waals surface area contributed by atoms with Crippen molar-refractivity contribution in [2.45, 2.75) is 32.7 Å². The summed E-state index contributed by atoms with van der Waals surface area (Å²) in [7, 11) is 0. The van der Waals surface area contributed by atoms with Crippen molar-refractivity contribution in [3.8, 4) is 5.75 Å². The van der Waals surface area contributed by atoms with Gasteiger partial charge in [-0.25, -0.2) is 14.6 Å². The SMILES string of the molecule is CCCC1=C(C(=O)OCC)[C@H](c2cccs2)n2c(s/c(=C\c3ccc(OCC(=O)O)cc3)c2=O)=N1. The van der Waals surface area contributed by atoms with Crippen molar-refractivity contribution < 1.29 is 24.2 Å². The molecule has 1 N–H and O–H groups in total. The molecule has 4 rings (SSSR count). The van der Waals surface area contributed by atoms with E-state index in [2.05, 4.69) is 0 Å². The Morgan fingerprint density at radius 1 is 1.20 bits per heavy atom. The minimum absolute atomic E-state index is 0.232. The largest absolute Gasteiger partial charge is 0.482 e. The first kappa shape index (κ1) is 24.6. The van der Waals surface area contributed by atoms with Gasteiger partial charge in [-0.3, -0.25) is 9.36 Å². The first-order valence-corrected chi connectivity index (χ1v) is 12.8. The minimum Gasteiger partial charge on any atom is -0.482 e. The van der Waals surface area contributed by atoms with Gasteiger partial charge in [0.15, 0.2) is 11.4 Å². The molecule has 0 bridgehead atoms. The Bertz CT molecular complexity index is 1430. The molecular formula is C25H24N2O6S2. The highest BCUT2D eigenvalue weighted by molar-refractivity contribution is 7.10. The van der Waals surface area contributed by atoms with E-state index in [9.17, 15) is 14.4 Å². The van der Waals surface area contributed by atoms with E-state index >= 15 is 0 Å². The van der Waals surface area contributed by atoms with E-state index in [-0.39, 0.29) is 12.2 Å². The molecule has 3 aromatic rings. The third-order valence-corrected chi connectivity index (χ3v) is 7.15. The van der Waals surface area contributed by atoms with Crippen molar-refractivity contribution in [2.75, 3.05) is 13.2 Å². The summed E-state index contributed by atoms with van der Waals surface area (Å²) in [5, 5.41) is 10.7. The van der Waals surface area contributed by atoms with Crippen molar-refractivity contribution in [3.05, 3.63) is 83.2 Å². The van der Waals surface area contributed by atoms with Crippen LogP contribution >= 0.6 is 22.7 Å². The lowest BCUT2D eigenvalue weighted by Crippen LogP contribution is -2.39. The van der Waals surface area contributed by atoms with Crippen LogP contribution < -0.4 is 19.6 Å². The Balaban J connectivity index is 1.82. The number of thiazole rings is 1. The van der Waals surface area contributed by atoms with Gasteiger partial charge in [0, 0.05) is 4.88 Å². The van der Waals surface area contributed by atoms with E-state index in [0.717, 1.165) is 16.9 Å². The van der Waals surface area contributed by atoms with Crippen LogP contribution in [-0.2, 0) is 14.3 Å². The van der Waals surface area contributed by atoms with Crippen molar-refractivity contribution in [1.82, 2.24) is 4.57 Å². The molecule has 35 heavy (non-hydrogen) atoms. The van der Waals surface area contributed by atoms with Crippen LogP contribution in [-0.4, -0.2) is 34.8 Å². The highest BCUT2D eigenvalue weighted by atomic mass is 32.1. The number of nitrogens with zero attached hydrogens (tertiary/aromatic N) is 2. The van der Waals surface area contributed by atoms with Crippen LogP contribution in [0.25, 0.3) is 6.08 Å². The van der Waals surface area contributed by atoms with Crippen LogP contribution in [0.1, 0.15) is 43.2 Å². The van der Waals surface area contributed by atoms with Crippen molar-refractivity contribution in [2.24, 2.45) is 4.99 Å². The van der Waals surface area contributed by atoms with E-state index in [1.165, 1.54) is 22.7 Å². The number of hydrogen-bond acceptors (Lipinski definition) is 8. The van der Waals surface area contributed by atoms with Crippen molar-refractivity contribution >= 4 is 40.7 Å². The van der Waals surface area contributed by atoms with Crippen molar-refractivity contribution in [1.29, 1.82) is 0 Å². The zero-order chi connectivity index (χ0) is 24.9. The number of carbonyl (C=O) groups is 2. The fraction of sp³-hybridized carbons (Fsp3) is 0.280. The Morgan fingerprint density at radius 2 is 1.97 bits per heavy atom. The Labute approximate surface area is 209 Å². The zero-order valence-corrected chi connectivity index (χ0v) is 20.9. The summed E-state index contributed by atoms with van der Waals surface area (Å²) in [5.74, 6) is -1.09. The maximum absolute atomic E-state index is 13.6. The molecule has 0 aliphatic carbocycles. The normalized spacial score (nSPS) is 15.5. The summed E-state index contributed by atoms with van der Waals surface area (Å²) in [6, 6.07) is 10.0. The fourth-order valence-corrected chi connectivity index (χ4v) is 5.64. The van der Waals surface area contributed by atoms with Gasteiger partial charge >= 0.3 is 11.9 Å². The average Bonchev–Trinajstić information content (AvgIpc) is 3.47. The number of rotatable bonds is 9. The molecule has 8 nitrogen and oxygen atoms in total. The molecule has 0 spiro atoms. The molecule has 0 amide bonds. The molecule has 0 unspecified atom stereocenters. The van der Waals surface area contributed by atoms with Gasteiger partial charge in [-0.15, -0.1) is 11.3 Å². The van der Waals surface area contributed by atoms with Crippen LogP contribution in [0.2, 0.25) is 0 Å². The summed E-state index contributed by atoms with van der Waals surface area (Å²) in [4.78, 5) is 43.4. The van der Waals surface area contributed by atoms with Crippen LogP contribution in [0.3, 0.4) is 0 Å². The predicted octanol–water partition coefficient (Wildman–Crippen LogP) is 3.10. The lowest BCUT2D eigenvalue weighted by molar-refractivity contribution is -0.140. The monoisotopic (exact) mass is 512 g/mol. The van der Waals surface area contributed by atoms with E-state index in [1.54, 1.807) is 41.8 Å². The van der Waals surface area contributed by atoms with E-state index < -0.39 is 24.6 Å². The predicted molar refractivity (Wildman–Crippen MR) is 134 cm³/mol. The van der Waals surface area contributed by atoms with Gasteiger partial charge in [0.2, 0.25) is 0 Å². The third-order valence-electron chi connectivity index (χ3n) is 5.25. The summed E-state index contributed by atoms with van der Waals surface area (Å²) in [5.41, 5.74) is 1.58. The molecule has 1 aromatic carbocycles. The van der Waals surface area contributed by atoms with Crippen LogP contribution in [0.5, 0.6) is 5.75 Å². The van der Waals surface area contributed by atoms with Crippen LogP contribution in [0, 0.1) is 0 Å². The Kier molecular flexibility index (Phi) is 7.62. The average molecular weight is 513 g/mol. The molecule has 1 aliphatic heterocycles. The molecule has 1 atom stereocenters. The molecule has 2 aromatic heterocycles. The number of thiophene rings is 1. The van der Waals surface area contributed by atoms with Gasteiger partial charge in [0.05, 0.1) is 22.4 Å². The van der Waals surface area contributed by atoms with E-state index in [0.29, 0.717) is 32.8 Å².